The van der Waals surface area contributed by atoms with Crippen LogP contribution in [-0.2, 0) is 14.3 Å². The van der Waals surface area contributed by atoms with Crippen molar-refractivity contribution in [1.82, 2.24) is 0 Å². The molecule has 0 aliphatic carbocycles. The second-order valence-corrected chi connectivity index (χ2v) is 4.29. The molecule has 13 heavy (non-hydrogen) atoms. The van der Waals surface area contributed by atoms with Gasteiger partial charge in [0.1, 0.15) is 0 Å². The van der Waals surface area contributed by atoms with Crippen LogP contribution in [0.2, 0.25) is 0 Å². The fourth-order valence-corrected chi connectivity index (χ4v) is 1.62. The SMILES string of the molecule is COCOC(=O)CCSCC(C)C. The Balaban J connectivity index is 3.17. The van der Waals surface area contributed by atoms with E-state index in [-0.39, 0.29) is 12.8 Å². The topological polar surface area (TPSA) is 35.5 Å². The van der Waals surface area contributed by atoms with E-state index in [0.717, 1.165) is 11.5 Å². The molecule has 4 heteroatoms. The highest BCUT2D eigenvalue weighted by Crippen LogP contribution is 2.08. The number of hydrogen-bond donors (Lipinski definition) is 0. The Hall–Kier alpha value is -0.220. The van der Waals surface area contributed by atoms with Gasteiger partial charge >= 0.3 is 5.97 Å². The summed E-state index contributed by atoms with van der Waals surface area (Å²) in [4.78, 5) is 10.9. The van der Waals surface area contributed by atoms with Crippen LogP contribution >= 0.6 is 11.8 Å². The van der Waals surface area contributed by atoms with E-state index in [0.29, 0.717) is 12.3 Å². The lowest BCUT2D eigenvalue weighted by atomic mass is 10.3. The molecule has 0 rings (SSSR count). The molecule has 0 spiro atoms. The van der Waals surface area contributed by atoms with E-state index in [9.17, 15) is 4.79 Å². The molecular weight excluding hydrogens is 188 g/mol. The van der Waals surface area contributed by atoms with Gasteiger partial charge in [0.2, 0.25) is 0 Å². The molecule has 0 amide bonds. The third kappa shape index (κ3) is 9.70. The number of thioether (sulfide) groups is 1. The maximum atomic E-state index is 10.9. The second kappa shape index (κ2) is 8.38. The molecule has 0 heterocycles. The van der Waals surface area contributed by atoms with Crippen LogP contribution in [0, 0.1) is 5.92 Å². The molecule has 0 saturated carbocycles. The number of carbonyl (C=O) groups excluding carboxylic acids is 1. The Morgan fingerprint density at radius 1 is 1.46 bits per heavy atom. The lowest BCUT2D eigenvalue weighted by molar-refractivity contribution is -0.153. The number of ether oxygens (including phenoxy) is 2. The molecule has 0 N–H and O–H groups in total. The lowest BCUT2D eigenvalue weighted by Gasteiger charge is -2.04. The summed E-state index contributed by atoms with van der Waals surface area (Å²) in [6.45, 7) is 4.39. The van der Waals surface area contributed by atoms with Crippen molar-refractivity contribution in [3.63, 3.8) is 0 Å². The normalized spacial score (nSPS) is 10.5. The predicted octanol–water partition coefficient (Wildman–Crippen LogP) is 1.91. The first-order chi connectivity index (χ1) is 6.16. The van der Waals surface area contributed by atoms with Gasteiger partial charge in [0.25, 0.3) is 0 Å². The third-order valence-electron chi connectivity index (χ3n) is 1.24. The van der Waals surface area contributed by atoms with E-state index < -0.39 is 0 Å². The summed E-state index contributed by atoms with van der Waals surface area (Å²) in [6, 6.07) is 0. The van der Waals surface area contributed by atoms with Crippen molar-refractivity contribution in [2.24, 2.45) is 5.92 Å². The molecule has 0 atom stereocenters. The zero-order valence-corrected chi connectivity index (χ0v) is 9.36. The minimum atomic E-state index is -0.182. The Kier molecular flexibility index (Phi) is 8.24. The number of methoxy groups -OCH3 is 1. The first kappa shape index (κ1) is 12.8. The predicted molar refractivity (Wildman–Crippen MR) is 54.7 cm³/mol. The molecule has 78 valence electrons. The van der Waals surface area contributed by atoms with Gasteiger partial charge in [-0.05, 0) is 11.7 Å². The molecule has 0 aliphatic heterocycles. The summed E-state index contributed by atoms with van der Waals surface area (Å²) >= 11 is 1.78. The Morgan fingerprint density at radius 3 is 2.69 bits per heavy atom. The Bertz CT molecular complexity index is 137. The molecular formula is C9H18O3S. The minimum absolute atomic E-state index is 0.0632. The minimum Gasteiger partial charge on any atom is -0.438 e. The molecule has 0 saturated heterocycles. The number of rotatable bonds is 7. The van der Waals surface area contributed by atoms with Gasteiger partial charge in [-0.15, -0.1) is 0 Å². The maximum absolute atomic E-state index is 10.9. The van der Waals surface area contributed by atoms with Crippen LogP contribution in [0.3, 0.4) is 0 Å². The van der Waals surface area contributed by atoms with E-state index in [1.54, 1.807) is 11.8 Å². The fraction of sp³-hybridized carbons (Fsp3) is 0.889. The van der Waals surface area contributed by atoms with E-state index in [4.69, 9.17) is 4.74 Å². The van der Waals surface area contributed by atoms with Crippen LogP contribution in [0.5, 0.6) is 0 Å². The van der Waals surface area contributed by atoms with Gasteiger partial charge in [-0.3, -0.25) is 4.79 Å². The molecule has 0 radical (unpaired) electrons. The number of carbonyl (C=O) groups is 1. The van der Waals surface area contributed by atoms with Crippen LogP contribution in [0.25, 0.3) is 0 Å². The van der Waals surface area contributed by atoms with Gasteiger partial charge in [-0.25, -0.2) is 0 Å². The van der Waals surface area contributed by atoms with Crippen molar-refractivity contribution in [1.29, 1.82) is 0 Å². The van der Waals surface area contributed by atoms with E-state index in [1.807, 2.05) is 0 Å². The van der Waals surface area contributed by atoms with Crippen LogP contribution in [0.15, 0.2) is 0 Å². The number of esters is 1. The second-order valence-electron chi connectivity index (χ2n) is 3.14. The quantitative estimate of drug-likeness (QED) is 0.362. The highest BCUT2D eigenvalue weighted by molar-refractivity contribution is 7.99. The van der Waals surface area contributed by atoms with Crippen LogP contribution in [0.1, 0.15) is 20.3 Å². The monoisotopic (exact) mass is 206 g/mol. The van der Waals surface area contributed by atoms with Gasteiger partial charge in [0.15, 0.2) is 6.79 Å². The fourth-order valence-electron chi connectivity index (χ4n) is 0.671. The van der Waals surface area contributed by atoms with Crippen molar-refractivity contribution in [3.05, 3.63) is 0 Å². The standard InChI is InChI=1S/C9H18O3S/c1-8(2)6-13-5-4-9(10)12-7-11-3/h8H,4-7H2,1-3H3. The smallest absolute Gasteiger partial charge is 0.308 e. The zero-order chi connectivity index (χ0) is 10.1. The van der Waals surface area contributed by atoms with Gasteiger partial charge in [0, 0.05) is 12.9 Å². The summed E-state index contributed by atoms with van der Waals surface area (Å²) in [5.41, 5.74) is 0. The molecule has 0 aromatic heterocycles. The van der Waals surface area contributed by atoms with E-state index >= 15 is 0 Å². The maximum Gasteiger partial charge on any atom is 0.308 e. The van der Waals surface area contributed by atoms with Crippen molar-refractivity contribution in [2.45, 2.75) is 20.3 Å². The van der Waals surface area contributed by atoms with Crippen molar-refractivity contribution < 1.29 is 14.3 Å². The van der Waals surface area contributed by atoms with Crippen LogP contribution in [-0.4, -0.2) is 31.4 Å². The summed E-state index contributed by atoms with van der Waals surface area (Å²) in [6.07, 6.45) is 0.473. The van der Waals surface area contributed by atoms with E-state index in [1.165, 1.54) is 7.11 Å². The summed E-state index contributed by atoms with van der Waals surface area (Å²) in [7, 11) is 1.50. The summed E-state index contributed by atoms with van der Waals surface area (Å²) < 4.78 is 9.33. The summed E-state index contributed by atoms with van der Waals surface area (Å²) in [5.74, 6) is 2.43. The molecule has 0 aliphatic rings. The van der Waals surface area contributed by atoms with Crippen molar-refractivity contribution >= 4 is 17.7 Å². The zero-order valence-electron chi connectivity index (χ0n) is 8.54. The molecule has 0 aromatic carbocycles. The van der Waals surface area contributed by atoms with Crippen molar-refractivity contribution in [2.75, 3.05) is 25.4 Å². The van der Waals surface area contributed by atoms with Crippen LogP contribution in [0.4, 0.5) is 0 Å². The molecule has 3 nitrogen and oxygen atoms in total. The van der Waals surface area contributed by atoms with Crippen molar-refractivity contribution in [3.8, 4) is 0 Å². The third-order valence-corrected chi connectivity index (χ3v) is 2.63. The van der Waals surface area contributed by atoms with Gasteiger partial charge in [-0.1, -0.05) is 13.8 Å². The van der Waals surface area contributed by atoms with E-state index in [2.05, 4.69) is 18.6 Å². The molecule has 0 unspecified atom stereocenters. The average Bonchev–Trinajstić information content (AvgIpc) is 2.08. The van der Waals surface area contributed by atoms with Gasteiger partial charge in [-0.2, -0.15) is 11.8 Å². The first-order valence-electron chi connectivity index (χ1n) is 4.39. The number of hydrogen-bond acceptors (Lipinski definition) is 4. The lowest BCUT2D eigenvalue weighted by Crippen LogP contribution is -2.08. The highest BCUT2D eigenvalue weighted by atomic mass is 32.2. The Morgan fingerprint density at radius 2 is 2.15 bits per heavy atom. The first-order valence-corrected chi connectivity index (χ1v) is 5.54. The van der Waals surface area contributed by atoms with Gasteiger partial charge in [0.05, 0.1) is 6.42 Å². The molecule has 0 bridgehead atoms. The molecule has 0 aromatic rings. The Labute approximate surface area is 84.2 Å². The molecule has 0 fully saturated rings. The van der Waals surface area contributed by atoms with Crippen LogP contribution < -0.4 is 0 Å². The highest BCUT2D eigenvalue weighted by Gasteiger charge is 2.02. The largest absolute Gasteiger partial charge is 0.438 e. The average molecular weight is 206 g/mol. The van der Waals surface area contributed by atoms with Gasteiger partial charge < -0.3 is 9.47 Å². The summed E-state index contributed by atoms with van der Waals surface area (Å²) in [5, 5.41) is 0.